The fraction of sp³-hybridized carbons (Fsp3) is 0.533. The van der Waals surface area contributed by atoms with Crippen LogP contribution in [0, 0.1) is 0 Å². The van der Waals surface area contributed by atoms with Crippen LogP contribution in [0.2, 0.25) is 0 Å². The zero-order chi connectivity index (χ0) is 14.8. The maximum absolute atomic E-state index is 11.0. The zero-order valence-electron chi connectivity index (χ0n) is 12.4. The number of nitrogens with zero attached hydrogens (tertiary/aromatic N) is 1. The first kappa shape index (κ1) is 16.5. The van der Waals surface area contributed by atoms with E-state index < -0.39 is 0 Å². The molecule has 0 radical (unpaired) electrons. The van der Waals surface area contributed by atoms with E-state index in [0.29, 0.717) is 6.42 Å². The van der Waals surface area contributed by atoms with Gasteiger partial charge in [-0.15, -0.1) is 0 Å². The molecule has 0 fully saturated rings. The van der Waals surface area contributed by atoms with Gasteiger partial charge in [-0.3, -0.25) is 10.2 Å². The van der Waals surface area contributed by atoms with Gasteiger partial charge in [0, 0.05) is 13.0 Å². The van der Waals surface area contributed by atoms with Crippen LogP contribution in [0.1, 0.15) is 31.2 Å². The van der Waals surface area contributed by atoms with E-state index >= 15 is 0 Å². The maximum atomic E-state index is 11.0. The molecule has 0 atom stereocenters. The van der Waals surface area contributed by atoms with Crippen LogP contribution >= 0.6 is 0 Å². The summed E-state index contributed by atoms with van der Waals surface area (Å²) in [4.78, 5) is 13.2. The Morgan fingerprint density at radius 2 is 2.15 bits per heavy atom. The Bertz CT molecular complexity index is 410. The van der Waals surface area contributed by atoms with E-state index in [-0.39, 0.29) is 5.91 Å². The molecule has 0 aliphatic carbocycles. The molecule has 1 aromatic carbocycles. The van der Waals surface area contributed by atoms with Crippen molar-refractivity contribution in [2.45, 2.75) is 32.2 Å². The molecule has 3 N–H and O–H groups in total. The molecule has 0 heterocycles. The molecule has 20 heavy (non-hydrogen) atoms. The Morgan fingerprint density at radius 3 is 2.85 bits per heavy atom. The van der Waals surface area contributed by atoms with E-state index in [2.05, 4.69) is 29.5 Å². The van der Waals surface area contributed by atoms with Crippen molar-refractivity contribution in [3.63, 3.8) is 0 Å². The van der Waals surface area contributed by atoms with Gasteiger partial charge in [-0.2, -0.15) is 0 Å². The number of carbonyl (C=O) groups is 1. The van der Waals surface area contributed by atoms with Gasteiger partial charge in [0.25, 0.3) is 0 Å². The monoisotopic (exact) mass is 279 g/mol. The van der Waals surface area contributed by atoms with E-state index in [4.69, 9.17) is 10.6 Å². The minimum absolute atomic E-state index is 0.0882. The topological polar surface area (TPSA) is 67.6 Å². The fourth-order valence-electron chi connectivity index (χ4n) is 2.08. The van der Waals surface area contributed by atoms with Gasteiger partial charge < -0.3 is 9.64 Å². The number of unbranched alkanes of at least 4 members (excludes halogenated alkanes) is 2. The first-order valence-electron chi connectivity index (χ1n) is 6.96. The van der Waals surface area contributed by atoms with Gasteiger partial charge in [-0.25, -0.2) is 5.84 Å². The Hall–Kier alpha value is -1.59. The first-order valence-corrected chi connectivity index (χ1v) is 6.96. The number of ether oxygens (including phenoxy) is 1. The molecule has 0 spiro atoms. The number of hydrogen-bond donors (Lipinski definition) is 2. The molecular formula is C15H25N3O2. The lowest BCUT2D eigenvalue weighted by atomic mass is 10.1. The molecule has 0 aliphatic heterocycles. The number of nitrogens with two attached hydrogens (primary N) is 1. The number of benzene rings is 1. The number of rotatable bonds is 9. The van der Waals surface area contributed by atoms with Gasteiger partial charge in [0.05, 0.1) is 7.11 Å². The van der Waals surface area contributed by atoms with Crippen LogP contribution in [0.4, 0.5) is 0 Å². The van der Waals surface area contributed by atoms with Crippen molar-refractivity contribution in [3.05, 3.63) is 29.8 Å². The van der Waals surface area contributed by atoms with Crippen LogP contribution in [0.15, 0.2) is 24.3 Å². The Kier molecular flexibility index (Phi) is 7.69. The molecule has 0 saturated carbocycles. The van der Waals surface area contributed by atoms with Gasteiger partial charge in [-0.05, 0) is 44.1 Å². The van der Waals surface area contributed by atoms with Crippen LogP contribution in [0.25, 0.3) is 0 Å². The van der Waals surface area contributed by atoms with Gasteiger partial charge in [0.15, 0.2) is 0 Å². The molecule has 0 bridgehead atoms. The minimum Gasteiger partial charge on any atom is -0.497 e. The number of nitrogens with one attached hydrogen (secondary N) is 1. The Labute approximate surface area is 121 Å². The van der Waals surface area contributed by atoms with Gasteiger partial charge in [0.1, 0.15) is 5.75 Å². The smallest absolute Gasteiger partial charge is 0.233 e. The summed E-state index contributed by atoms with van der Waals surface area (Å²) < 4.78 is 5.22. The molecule has 0 saturated heterocycles. The highest BCUT2D eigenvalue weighted by molar-refractivity contribution is 5.74. The summed E-state index contributed by atoms with van der Waals surface area (Å²) in [5, 5.41) is 0. The molecule has 5 heteroatoms. The molecule has 0 aliphatic rings. The average molecular weight is 279 g/mol. The minimum atomic E-state index is -0.0882. The molecule has 0 aromatic heterocycles. The molecule has 5 nitrogen and oxygen atoms in total. The number of methoxy groups -OCH3 is 1. The lowest BCUT2D eigenvalue weighted by Gasteiger charge is -2.17. The number of hydrogen-bond acceptors (Lipinski definition) is 4. The van der Waals surface area contributed by atoms with Crippen molar-refractivity contribution < 1.29 is 9.53 Å². The van der Waals surface area contributed by atoms with Crippen LogP contribution in [-0.2, 0) is 11.3 Å². The molecule has 112 valence electrons. The molecular weight excluding hydrogens is 254 g/mol. The first-order chi connectivity index (χ1) is 9.65. The van der Waals surface area contributed by atoms with Crippen LogP contribution in [0.5, 0.6) is 5.75 Å². The van der Waals surface area contributed by atoms with Crippen molar-refractivity contribution >= 4 is 5.91 Å². The SMILES string of the molecule is COc1cccc(CN(C)CCCCCC(=O)NN)c1. The van der Waals surface area contributed by atoms with Gasteiger partial charge >= 0.3 is 0 Å². The van der Waals surface area contributed by atoms with E-state index in [0.717, 1.165) is 38.1 Å². The molecule has 1 amide bonds. The molecule has 1 aromatic rings. The lowest BCUT2D eigenvalue weighted by molar-refractivity contribution is -0.121. The summed E-state index contributed by atoms with van der Waals surface area (Å²) in [6.07, 6.45) is 3.51. The number of carbonyl (C=O) groups excluding carboxylic acids is 1. The van der Waals surface area contributed by atoms with Crippen molar-refractivity contribution in [1.82, 2.24) is 10.3 Å². The Morgan fingerprint density at radius 1 is 1.35 bits per heavy atom. The second-order valence-electron chi connectivity index (χ2n) is 4.97. The van der Waals surface area contributed by atoms with Gasteiger partial charge in [0.2, 0.25) is 5.91 Å². The van der Waals surface area contributed by atoms with Crippen molar-refractivity contribution in [3.8, 4) is 5.75 Å². The van der Waals surface area contributed by atoms with Crippen LogP contribution in [-0.4, -0.2) is 31.5 Å². The van der Waals surface area contributed by atoms with Crippen molar-refractivity contribution in [1.29, 1.82) is 0 Å². The third-order valence-electron chi connectivity index (χ3n) is 3.19. The summed E-state index contributed by atoms with van der Waals surface area (Å²) in [7, 11) is 3.78. The Balaban J connectivity index is 2.19. The third kappa shape index (κ3) is 6.54. The maximum Gasteiger partial charge on any atom is 0.233 e. The van der Waals surface area contributed by atoms with E-state index in [9.17, 15) is 4.79 Å². The summed E-state index contributed by atoms with van der Waals surface area (Å²) >= 11 is 0. The number of amides is 1. The van der Waals surface area contributed by atoms with Crippen molar-refractivity contribution in [2.24, 2.45) is 5.84 Å². The molecule has 0 unspecified atom stereocenters. The predicted molar refractivity (Wildman–Crippen MR) is 80.1 cm³/mol. The number of hydrazine groups is 1. The highest BCUT2D eigenvalue weighted by atomic mass is 16.5. The third-order valence-corrected chi connectivity index (χ3v) is 3.19. The predicted octanol–water partition coefficient (Wildman–Crippen LogP) is 1.68. The largest absolute Gasteiger partial charge is 0.497 e. The second kappa shape index (κ2) is 9.34. The summed E-state index contributed by atoms with van der Waals surface area (Å²) in [6, 6.07) is 8.12. The van der Waals surface area contributed by atoms with E-state index in [1.165, 1.54) is 5.56 Å². The summed E-state index contributed by atoms with van der Waals surface area (Å²) in [5.74, 6) is 5.83. The van der Waals surface area contributed by atoms with Crippen molar-refractivity contribution in [2.75, 3.05) is 20.7 Å². The van der Waals surface area contributed by atoms with Crippen LogP contribution in [0.3, 0.4) is 0 Å². The lowest BCUT2D eigenvalue weighted by Crippen LogP contribution is -2.29. The normalized spacial score (nSPS) is 10.6. The summed E-state index contributed by atoms with van der Waals surface area (Å²) in [5.41, 5.74) is 3.39. The second-order valence-corrected chi connectivity index (χ2v) is 4.97. The van der Waals surface area contributed by atoms with E-state index in [1.54, 1.807) is 7.11 Å². The quantitative estimate of drug-likeness (QED) is 0.312. The highest BCUT2D eigenvalue weighted by Gasteiger charge is 2.02. The van der Waals surface area contributed by atoms with Crippen LogP contribution < -0.4 is 16.0 Å². The average Bonchev–Trinajstić information content (AvgIpc) is 2.46. The molecule has 1 rings (SSSR count). The van der Waals surface area contributed by atoms with Gasteiger partial charge in [-0.1, -0.05) is 18.6 Å². The highest BCUT2D eigenvalue weighted by Crippen LogP contribution is 2.14. The standard InChI is InChI=1S/C15H25N3O2/c1-18(10-5-3-4-9-15(19)17-16)12-13-7-6-8-14(11-13)20-2/h6-8,11H,3-5,9-10,12,16H2,1-2H3,(H,17,19). The zero-order valence-corrected chi connectivity index (χ0v) is 12.4. The summed E-state index contributed by atoms with van der Waals surface area (Å²) in [6.45, 7) is 1.92. The fourth-order valence-corrected chi connectivity index (χ4v) is 2.08. The van der Waals surface area contributed by atoms with E-state index in [1.807, 2.05) is 12.1 Å².